The normalized spacial score (nSPS) is 10.9. The Morgan fingerprint density at radius 3 is 2.95 bits per heavy atom. The van der Waals surface area contributed by atoms with Gasteiger partial charge < -0.3 is 9.84 Å². The number of benzene rings is 1. The van der Waals surface area contributed by atoms with Crippen LogP contribution in [0.5, 0.6) is 11.6 Å². The van der Waals surface area contributed by atoms with Crippen molar-refractivity contribution in [1.82, 2.24) is 19.6 Å². The fourth-order valence-corrected chi connectivity index (χ4v) is 1.99. The summed E-state index contributed by atoms with van der Waals surface area (Å²) in [6.07, 6.45) is 1.38. The quantitative estimate of drug-likeness (QED) is 0.750. The molecule has 0 fully saturated rings. The van der Waals surface area contributed by atoms with Gasteiger partial charge in [-0.2, -0.15) is 19.6 Å². The number of para-hydroxylation sites is 1. The summed E-state index contributed by atoms with van der Waals surface area (Å²) in [7, 11) is 0. The van der Waals surface area contributed by atoms with Crippen LogP contribution in [-0.4, -0.2) is 24.7 Å². The Kier molecular flexibility index (Phi) is 3.25. The minimum atomic E-state index is -0.117. The molecule has 0 bridgehead atoms. The second-order valence-corrected chi connectivity index (χ2v) is 4.53. The first kappa shape index (κ1) is 12.8. The van der Waals surface area contributed by atoms with Crippen LogP contribution >= 0.6 is 11.6 Å². The molecule has 0 aliphatic rings. The van der Waals surface area contributed by atoms with Crippen LogP contribution in [-0.2, 0) is 6.61 Å². The number of rotatable bonds is 3. The van der Waals surface area contributed by atoms with E-state index in [9.17, 15) is 5.11 Å². The molecule has 1 aromatic carbocycles. The Morgan fingerprint density at radius 1 is 1.35 bits per heavy atom. The SMILES string of the molecule is Cc1c(Cl)nc2ncnn2c1Oc1ccccc1CO. The summed E-state index contributed by atoms with van der Waals surface area (Å²) in [6.45, 7) is 1.67. The lowest BCUT2D eigenvalue weighted by atomic mass is 10.2. The molecule has 102 valence electrons. The lowest BCUT2D eigenvalue weighted by Gasteiger charge is -2.12. The first-order valence-electron chi connectivity index (χ1n) is 5.93. The molecule has 20 heavy (non-hydrogen) atoms. The van der Waals surface area contributed by atoms with E-state index in [1.807, 2.05) is 12.1 Å². The molecule has 0 unspecified atom stereocenters. The minimum Gasteiger partial charge on any atom is -0.438 e. The van der Waals surface area contributed by atoms with Crippen molar-refractivity contribution < 1.29 is 9.84 Å². The van der Waals surface area contributed by atoms with E-state index >= 15 is 0 Å². The number of aromatic nitrogens is 4. The zero-order valence-corrected chi connectivity index (χ0v) is 11.4. The largest absolute Gasteiger partial charge is 0.438 e. The van der Waals surface area contributed by atoms with Crippen LogP contribution in [0.25, 0.3) is 5.78 Å². The van der Waals surface area contributed by atoms with Crippen molar-refractivity contribution in [3.8, 4) is 11.6 Å². The highest BCUT2D eigenvalue weighted by Gasteiger charge is 2.15. The van der Waals surface area contributed by atoms with Crippen LogP contribution < -0.4 is 4.74 Å². The summed E-state index contributed by atoms with van der Waals surface area (Å²) in [5.41, 5.74) is 1.32. The molecule has 0 radical (unpaired) electrons. The van der Waals surface area contributed by atoms with Crippen molar-refractivity contribution in [3.63, 3.8) is 0 Å². The number of nitrogens with zero attached hydrogens (tertiary/aromatic N) is 4. The van der Waals surface area contributed by atoms with E-state index in [4.69, 9.17) is 16.3 Å². The van der Waals surface area contributed by atoms with Crippen LogP contribution in [0.15, 0.2) is 30.6 Å². The van der Waals surface area contributed by atoms with Gasteiger partial charge in [-0.05, 0) is 13.0 Å². The third-order valence-corrected chi connectivity index (χ3v) is 3.27. The highest BCUT2D eigenvalue weighted by atomic mass is 35.5. The summed E-state index contributed by atoms with van der Waals surface area (Å²) in [6, 6.07) is 7.20. The van der Waals surface area contributed by atoms with E-state index in [0.717, 1.165) is 0 Å². The third kappa shape index (κ3) is 2.09. The third-order valence-electron chi connectivity index (χ3n) is 2.90. The average molecular weight is 291 g/mol. The molecule has 2 heterocycles. The van der Waals surface area contributed by atoms with E-state index in [1.165, 1.54) is 10.8 Å². The van der Waals surface area contributed by atoms with Gasteiger partial charge in [0.1, 0.15) is 17.2 Å². The zero-order valence-electron chi connectivity index (χ0n) is 10.6. The van der Waals surface area contributed by atoms with Gasteiger partial charge in [-0.3, -0.25) is 0 Å². The van der Waals surface area contributed by atoms with E-state index in [0.29, 0.717) is 33.7 Å². The molecule has 1 N–H and O–H groups in total. The number of halogens is 1. The summed E-state index contributed by atoms with van der Waals surface area (Å²) in [4.78, 5) is 8.10. The number of aliphatic hydroxyl groups excluding tert-OH is 1. The number of fused-ring (bicyclic) bond motifs is 1. The molecule has 3 rings (SSSR count). The molecule has 3 aromatic rings. The maximum Gasteiger partial charge on any atom is 0.256 e. The highest BCUT2D eigenvalue weighted by molar-refractivity contribution is 6.30. The van der Waals surface area contributed by atoms with Gasteiger partial charge in [0.15, 0.2) is 0 Å². The number of aliphatic hydroxyl groups is 1. The second-order valence-electron chi connectivity index (χ2n) is 4.17. The molecule has 7 heteroatoms. The Bertz CT molecular complexity index is 772. The predicted molar refractivity (Wildman–Crippen MR) is 73.0 cm³/mol. The second kappa shape index (κ2) is 5.07. The number of hydrogen-bond acceptors (Lipinski definition) is 5. The number of hydrogen-bond donors (Lipinski definition) is 1. The van der Waals surface area contributed by atoms with Crippen molar-refractivity contribution >= 4 is 17.4 Å². The van der Waals surface area contributed by atoms with Crippen LogP contribution in [0.3, 0.4) is 0 Å². The van der Waals surface area contributed by atoms with Gasteiger partial charge in [0.05, 0.1) is 6.61 Å². The van der Waals surface area contributed by atoms with Gasteiger partial charge in [-0.1, -0.05) is 29.8 Å². The number of ether oxygens (including phenoxy) is 1. The van der Waals surface area contributed by atoms with E-state index in [-0.39, 0.29) is 6.61 Å². The van der Waals surface area contributed by atoms with Crippen LogP contribution in [0, 0.1) is 6.92 Å². The monoisotopic (exact) mass is 290 g/mol. The maximum atomic E-state index is 9.34. The van der Waals surface area contributed by atoms with Gasteiger partial charge >= 0.3 is 0 Å². The fourth-order valence-electron chi connectivity index (χ4n) is 1.83. The van der Waals surface area contributed by atoms with Crippen LogP contribution in [0.2, 0.25) is 5.15 Å². The molecule has 0 aliphatic carbocycles. The molecule has 0 atom stereocenters. The average Bonchev–Trinajstić information content (AvgIpc) is 2.92. The standard InChI is InChI=1S/C13H11ClN4O2/c1-8-11(14)17-13-15-7-16-18(13)12(8)20-10-5-3-2-4-9(10)6-19/h2-5,7,19H,6H2,1H3. The molecule has 0 saturated heterocycles. The minimum absolute atomic E-state index is 0.117. The Hall–Kier alpha value is -2.18. The van der Waals surface area contributed by atoms with Crippen LogP contribution in [0.4, 0.5) is 0 Å². The topological polar surface area (TPSA) is 72.5 Å². The van der Waals surface area contributed by atoms with Gasteiger partial charge in [0.2, 0.25) is 5.88 Å². The molecular formula is C13H11ClN4O2. The lowest BCUT2D eigenvalue weighted by molar-refractivity contribution is 0.275. The maximum absolute atomic E-state index is 9.34. The first-order valence-corrected chi connectivity index (χ1v) is 6.31. The van der Waals surface area contributed by atoms with Crippen molar-refractivity contribution in [3.05, 3.63) is 46.9 Å². The molecular weight excluding hydrogens is 280 g/mol. The summed E-state index contributed by atoms with van der Waals surface area (Å²) in [5.74, 6) is 1.33. The van der Waals surface area contributed by atoms with E-state index in [1.54, 1.807) is 19.1 Å². The molecule has 0 spiro atoms. The summed E-state index contributed by atoms with van der Waals surface area (Å²) >= 11 is 6.07. The molecule has 0 amide bonds. The molecule has 6 nitrogen and oxygen atoms in total. The Morgan fingerprint density at radius 2 is 2.15 bits per heavy atom. The first-order chi connectivity index (χ1) is 9.70. The van der Waals surface area contributed by atoms with Gasteiger partial charge in [-0.25, -0.2) is 0 Å². The summed E-state index contributed by atoms with van der Waals surface area (Å²) < 4.78 is 7.33. The van der Waals surface area contributed by atoms with Gasteiger partial charge in [0, 0.05) is 11.1 Å². The lowest BCUT2D eigenvalue weighted by Crippen LogP contribution is -2.02. The highest BCUT2D eigenvalue weighted by Crippen LogP contribution is 2.30. The predicted octanol–water partition coefficient (Wildman–Crippen LogP) is 2.37. The van der Waals surface area contributed by atoms with Gasteiger partial charge in [-0.15, -0.1) is 0 Å². The summed E-state index contributed by atoms with van der Waals surface area (Å²) in [5, 5.41) is 13.7. The Labute approximate surface area is 119 Å². The van der Waals surface area contributed by atoms with Crippen molar-refractivity contribution in [2.45, 2.75) is 13.5 Å². The molecule has 0 saturated carbocycles. The molecule has 0 aliphatic heterocycles. The van der Waals surface area contributed by atoms with Crippen molar-refractivity contribution in [1.29, 1.82) is 0 Å². The zero-order chi connectivity index (χ0) is 14.1. The van der Waals surface area contributed by atoms with E-state index in [2.05, 4.69) is 15.1 Å². The van der Waals surface area contributed by atoms with Crippen molar-refractivity contribution in [2.24, 2.45) is 0 Å². The van der Waals surface area contributed by atoms with E-state index < -0.39 is 0 Å². The Balaban J connectivity index is 2.15. The fraction of sp³-hybridized carbons (Fsp3) is 0.154. The molecule has 2 aromatic heterocycles. The van der Waals surface area contributed by atoms with Crippen LogP contribution in [0.1, 0.15) is 11.1 Å². The smallest absolute Gasteiger partial charge is 0.256 e. The van der Waals surface area contributed by atoms with Gasteiger partial charge in [0.25, 0.3) is 5.78 Å². The van der Waals surface area contributed by atoms with Crippen molar-refractivity contribution in [2.75, 3.05) is 0 Å².